The molecule has 0 aliphatic carbocycles. The summed E-state index contributed by atoms with van der Waals surface area (Å²) < 4.78 is 45.2. The Balaban J connectivity index is 2.08. The zero-order valence-corrected chi connectivity index (χ0v) is 12.9. The van der Waals surface area contributed by atoms with Crippen molar-refractivity contribution in [3.63, 3.8) is 0 Å². The second-order valence-electron chi connectivity index (χ2n) is 5.08. The number of aromatic nitrogens is 1. The fraction of sp³-hybridized carbons (Fsp3) is 0.250. The Morgan fingerprint density at radius 1 is 1.17 bits per heavy atom. The lowest BCUT2D eigenvalue weighted by atomic mass is 10.1. The third-order valence-electron chi connectivity index (χ3n) is 3.30. The van der Waals surface area contributed by atoms with Crippen LogP contribution in [0.1, 0.15) is 23.0 Å². The number of benzene rings is 1. The van der Waals surface area contributed by atoms with Gasteiger partial charge in [-0.25, -0.2) is 4.79 Å². The van der Waals surface area contributed by atoms with Crippen LogP contribution in [0.3, 0.4) is 0 Å². The standard InChI is InChI=1S/C16H15F3N2O3/c1-10(24-15(23)13-8-5-9-21(13)2)14(22)20-12-7-4-3-6-11(12)16(17,18)19/h3-10H,1-2H3,(H,20,22)/t10-/m1/s1. The largest absolute Gasteiger partial charge is 0.448 e. The number of para-hydroxylation sites is 1. The number of anilines is 1. The molecule has 1 heterocycles. The summed E-state index contributed by atoms with van der Waals surface area (Å²) in [7, 11) is 1.63. The van der Waals surface area contributed by atoms with E-state index in [0.717, 1.165) is 12.1 Å². The molecule has 1 aromatic carbocycles. The molecule has 5 nitrogen and oxygen atoms in total. The number of hydrogen-bond acceptors (Lipinski definition) is 3. The highest BCUT2D eigenvalue weighted by Crippen LogP contribution is 2.34. The molecule has 0 fully saturated rings. The maximum Gasteiger partial charge on any atom is 0.418 e. The molecule has 128 valence electrons. The van der Waals surface area contributed by atoms with Crippen LogP contribution in [0.15, 0.2) is 42.6 Å². The van der Waals surface area contributed by atoms with Crippen LogP contribution in [0.2, 0.25) is 0 Å². The highest BCUT2D eigenvalue weighted by molar-refractivity contribution is 5.97. The van der Waals surface area contributed by atoms with Gasteiger partial charge in [-0.3, -0.25) is 4.79 Å². The van der Waals surface area contributed by atoms with Crippen molar-refractivity contribution in [2.45, 2.75) is 19.2 Å². The molecule has 1 aromatic heterocycles. The zero-order chi connectivity index (χ0) is 17.9. The van der Waals surface area contributed by atoms with Crippen LogP contribution in [-0.4, -0.2) is 22.5 Å². The van der Waals surface area contributed by atoms with E-state index in [9.17, 15) is 22.8 Å². The van der Waals surface area contributed by atoms with E-state index in [-0.39, 0.29) is 5.69 Å². The molecule has 1 atom stereocenters. The normalized spacial score (nSPS) is 12.5. The molecule has 1 N–H and O–H groups in total. The maximum atomic E-state index is 12.9. The molecule has 0 aliphatic rings. The van der Waals surface area contributed by atoms with E-state index in [1.807, 2.05) is 0 Å². The number of esters is 1. The van der Waals surface area contributed by atoms with Gasteiger partial charge < -0.3 is 14.6 Å². The van der Waals surface area contributed by atoms with Crippen molar-refractivity contribution in [2.24, 2.45) is 7.05 Å². The molecule has 24 heavy (non-hydrogen) atoms. The predicted octanol–water partition coefficient (Wildman–Crippen LogP) is 3.23. The van der Waals surface area contributed by atoms with Gasteiger partial charge in [0.1, 0.15) is 5.69 Å². The van der Waals surface area contributed by atoms with Crippen LogP contribution >= 0.6 is 0 Å². The predicted molar refractivity (Wildman–Crippen MR) is 80.4 cm³/mol. The Morgan fingerprint density at radius 2 is 1.83 bits per heavy atom. The second kappa shape index (κ2) is 6.77. The monoisotopic (exact) mass is 340 g/mol. The van der Waals surface area contributed by atoms with Gasteiger partial charge in [-0.1, -0.05) is 12.1 Å². The van der Waals surface area contributed by atoms with Crippen molar-refractivity contribution in [1.29, 1.82) is 0 Å². The molecule has 1 amide bonds. The zero-order valence-electron chi connectivity index (χ0n) is 12.9. The summed E-state index contributed by atoms with van der Waals surface area (Å²) in [4.78, 5) is 23.9. The van der Waals surface area contributed by atoms with Crippen molar-refractivity contribution < 1.29 is 27.5 Å². The van der Waals surface area contributed by atoms with Crippen molar-refractivity contribution >= 4 is 17.6 Å². The van der Waals surface area contributed by atoms with Crippen molar-refractivity contribution in [1.82, 2.24) is 4.57 Å². The minimum Gasteiger partial charge on any atom is -0.448 e. The van der Waals surface area contributed by atoms with Crippen LogP contribution < -0.4 is 5.32 Å². The smallest absolute Gasteiger partial charge is 0.418 e. The number of carbonyl (C=O) groups excluding carboxylic acids is 2. The Bertz CT molecular complexity index is 753. The molecular formula is C16H15F3N2O3. The Morgan fingerprint density at radius 3 is 2.42 bits per heavy atom. The van der Waals surface area contributed by atoms with Crippen molar-refractivity contribution in [3.8, 4) is 0 Å². The summed E-state index contributed by atoms with van der Waals surface area (Å²) >= 11 is 0. The number of hydrogen-bond donors (Lipinski definition) is 1. The number of nitrogens with zero attached hydrogens (tertiary/aromatic N) is 1. The average Bonchev–Trinajstić information content (AvgIpc) is 2.92. The van der Waals surface area contributed by atoms with E-state index in [4.69, 9.17) is 4.74 Å². The van der Waals surface area contributed by atoms with E-state index in [1.54, 1.807) is 19.3 Å². The highest BCUT2D eigenvalue weighted by Gasteiger charge is 2.34. The first kappa shape index (κ1) is 17.6. The van der Waals surface area contributed by atoms with Gasteiger partial charge in [0.05, 0.1) is 11.3 Å². The van der Waals surface area contributed by atoms with Crippen LogP contribution in [0.4, 0.5) is 18.9 Å². The molecule has 0 saturated carbocycles. The van der Waals surface area contributed by atoms with Crippen LogP contribution in [0, 0.1) is 0 Å². The van der Waals surface area contributed by atoms with E-state index < -0.39 is 35.4 Å². The van der Waals surface area contributed by atoms with Crippen LogP contribution in [0.5, 0.6) is 0 Å². The third-order valence-corrected chi connectivity index (χ3v) is 3.30. The first-order valence-corrected chi connectivity index (χ1v) is 6.99. The first-order valence-electron chi connectivity index (χ1n) is 6.99. The number of amides is 1. The number of rotatable bonds is 4. The number of carbonyl (C=O) groups is 2. The van der Waals surface area contributed by atoms with Crippen molar-refractivity contribution in [3.05, 3.63) is 53.9 Å². The molecule has 0 bridgehead atoms. The van der Waals surface area contributed by atoms with E-state index >= 15 is 0 Å². The van der Waals surface area contributed by atoms with Crippen LogP contribution in [0.25, 0.3) is 0 Å². The number of aryl methyl sites for hydroxylation is 1. The summed E-state index contributed by atoms with van der Waals surface area (Å²) in [5, 5.41) is 2.14. The fourth-order valence-corrected chi connectivity index (χ4v) is 2.02. The highest BCUT2D eigenvalue weighted by atomic mass is 19.4. The average molecular weight is 340 g/mol. The van der Waals surface area contributed by atoms with Gasteiger partial charge in [-0.15, -0.1) is 0 Å². The minimum atomic E-state index is -4.60. The molecule has 0 saturated heterocycles. The van der Waals surface area contributed by atoms with Gasteiger partial charge in [0.25, 0.3) is 5.91 Å². The van der Waals surface area contributed by atoms with Gasteiger partial charge in [0.15, 0.2) is 6.10 Å². The van der Waals surface area contributed by atoms with E-state index in [2.05, 4.69) is 5.32 Å². The molecule has 2 rings (SSSR count). The lowest BCUT2D eigenvalue weighted by molar-refractivity contribution is -0.137. The number of halogens is 3. The maximum absolute atomic E-state index is 12.9. The molecular weight excluding hydrogens is 325 g/mol. The summed E-state index contributed by atoms with van der Waals surface area (Å²) in [6.07, 6.45) is -4.23. The molecule has 0 spiro atoms. The second-order valence-corrected chi connectivity index (χ2v) is 5.08. The molecule has 0 unspecified atom stereocenters. The SMILES string of the molecule is C[C@@H](OC(=O)c1cccn1C)C(=O)Nc1ccccc1C(F)(F)F. The van der Waals surface area contributed by atoms with Gasteiger partial charge in [0.2, 0.25) is 0 Å². The first-order chi connectivity index (χ1) is 11.2. The summed E-state index contributed by atoms with van der Waals surface area (Å²) in [6.45, 7) is 1.28. The quantitative estimate of drug-likeness (QED) is 0.870. The number of alkyl halides is 3. The molecule has 8 heteroatoms. The lowest BCUT2D eigenvalue weighted by Gasteiger charge is -2.17. The summed E-state index contributed by atoms with van der Waals surface area (Å²) in [5.41, 5.74) is -1.14. The van der Waals surface area contributed by atoms with Gasteiger partial charge in [-0.05, 0) is 31.2 Å². The van der Waals surface area contributed by atoms with Crippen molar-refractivity contribution in [2.75, 3.05) is 5.32 Å². The third kappa shape index (κ3) is 3.95. The topological polar surface area (TPSA) is 60.3 Å². The Hall–Kier alpha value is -2.77. The fourth-order valence-electron chi connectivity index (χ4n) is 2.02. The van der Waals surface area contributed by atoms with Gasteiger partial charge >= 0.3 is 12.1 Å². The number of nitrogens with one attached hydrogen (secondary N) is 1. The number of ether oxygens (including phenoxy) is 1. The Labute approximate surface area is 136 Å². The molecule has 2 aromatic rings. The molecule has 0 radical (unpaired) electrons. The molecule has 0 aliphatic heterocycles. The summed E-state index contributed by atoms with van der Waals surface area (Å²) in [6, 6.07) is 7.71. The summed E-state index contributed by atoms with van der Waals surface area (Å²) in [5.74, 6) is -1.59. The van der Waals surface area contributed by atoms with Gasteiger partial charge in [-0.2, -0.15) is 13.2 Å². The lowest BCUT2D eigenvalue weighted by Crippen LogP contribution is -2.31. The van der Waals surface area contributed by atoms with E-state index in [1.165, 1.54) is 29.7 Å². The van der Waals surface area contributed by atoms with Gasteiger partial charge in [0, 0.05) is 13.2 Å². The minimum absolute atomic E-state index is 0.227. The van der Waals surface area contributed by atoms with E-state index in [0.29, 0.717) is 0 Å². The Kier molecular flexibility index (Phi) is 4.96. The van der Waals surface area contributed by atoms with Crippen LogP contribution in [-0.2, 0) is 22.8 Å².